The Balaban J connectivity index is 2.21. The van der Waals surface area contributed by atoms with Gasteiger partial charge in [0, 0.05) is 23.5 Å². The van der Waals surface area contributed by atoms with E-state index in [9.17, 15) is 18.0 Å². The third-order valence-corrected chi connectivity index (χ3v) is 2.40. The molecule has 0 aliphatic heterocycles. The van der Waals surface area contributed by atoms with Crippen molar-refractivity contribution < 1.29 is 18.0 Å². The second kappa shape index (κ2) is 4.56. The number of halogens is 3. The van der Waals surface area contributed by atoms with E-state index in [-0.39, 0.29) is 11.4 Å². The van der Waals surface area contributed by atoms with Crippen molar-refractivity contribution in [3.05, 3.63) is 53.1 Å². The van der Waals surface area contributed by atoms with Gasteiger partial charge in [0.25, 0.3) is 5.91 Å². The summed E-state index contributed by atoms with van der Waals surface area (Å²) < 4.78 is 39.0. The quantitative estimate of drug-likeness (QED) is 0.850. The van der Waals surface area contributed by atoms with Gasteiger partial charge in [-0.3, -0.25) is 4.79 Å². The van der Waals surface area contributed by atoms with Gasteiger partial charge in [-0.2, -0.15) is 0 Å². The Morgan fingerprint density at radius 2 is 1.94 bits per heavy atom. The van der Waals surface area contributed by atoms with E-state index in [1.807, 2.05) is 0 Å². The highest BCUT2D eigenvalue weighted by molar-refractivity contribution is 6.03. The highest BCUT2D eigenvalue weighted by atomic mass is 19.2. The van der Waals surface area contributed by atoms with Crippen LogP contribution in [0.25, 0.3) is 0 Å². The van der Waals surface area contributed by atoms with Gasteiger partial charge >= 0.3 is 0 Å². The first kappa shape index (κ1) is 12.2. The monoisotopic (exact) mass is 254 g/mol. The SMILES string of the molecule is Cc1c[nH]c(C(=O)Nc2ccc(F)c(F)c2)c1F. The molecule has 0 radical (unpaired) electrons. The minimum atomic E-state index is -1.09. The molecule has 0 aliphatic carbocycles. The van der Waals surface area contributed by atoms with E-state index in [1.165, 1.54) is 19.2 Å². The average Bonchev–Trinajstić information content (AvgIpc) is 2.65. The van der Waals surface area contributed by atoms with Crippen molar-refractivity contribution >= 4 is 11.6 Å². The van der Waals surface area contributed by atoms with Gasteiger partial charge < -0.3 is 10.3 Å². The number of hydrogen-bond acceptors (Lipinski definition) is 1. The van der Waals surface area contributed by atoms with Crippen molar-refractivity contribution in [3.63, 3.8) is 0 Å². The van der Waals surface area contributed by atoms with Crippen LogP contribution in [-0.4, -0.2) is 10.9 Å². The van der Waals surface area contributed by atoms with E-state index >= 15 is 0 Å². The summed E-state index contributed by atoms with van der Waals surface area (Å²) in [5.74, 6) is -3.53. The minimum Gasteiger partial charge on any atom is -0.354 e. The second-order valence-corrected chi connectivity index (χ2v) is 3.74. The number of carbonyl (C=O) groups excluding carboxylic acids is 1. The fraction of sp³-hybridized carbons (Fsp3) is 0.0833. The molecule has 1 heterocycles. The van der Waals surface area contributed by atoms with E-state index in [1.54, 1.807) is 0 Å². The first-order valence-electron chi connectivity index (χ1n) is 5.09. The summed E-state index contributed by atoms with van der Waals surface area (Å²) in [5.41, 5.74) is 0.0909. The number of aromatic amines is 1. The first-order chi connectivity index (χ1) is 8.49. The summed E-state index contributed by atoms with van der Waals surface area (Å²) in [7, 11) is 0. The molecule has 2 rings (SSSR count). The van der Waals surface area contributed by atoms with Gasteiger partial charge in [0.15, 0.2) is 17.5 Å². The summed E-state index contributed by atoms with van der Waals surface area (Å²) in [5, 5.41) is 2.26. The van der Waals surface area contributed by atoms with Gasteiger partial charge in [0.2, 0.25) is 0 Å². The molecule has 0 fully saturated rings. The zero-order valence-electron chi connectivity index (χ0n) is 9.35. The van der Waals surface area contributed by atoms with Gasteiger partial charge in [-0.1, -0.05) is 0 Å². The predicted molar refractivity (Wildman–Crippen MR) is 59.8 cm³/mol. The molecule has 94 valence electrons. The lowest BCUT2D eigenvalue weighted by molar-refractivity contribution is 0.101. The van der Waals surface area contributed by atoms with Crippen LogP contribution in [0.15, 0.2) is 24.4 Å². The Morgan fingerprint density at radius 3 is 2.50 bits per heavy atom. The number of hydrogen-bond donors (Lipinski definition) is 2. The Labute approximate surface area is 101 Å². The molecule has 3 nitrogen and oxygen atoms in total. The van der Waals surface area contributed by atoms with Crippen molar-refractivity contribution in [2.45, 2.75) is 6.92 Å². The van der Waals surface area contributed by atoms with Crippen LogP contribution >= 0.6 is 0 Å². The number of H-pyrrole nitrogens is 1. The molecule has 0 unspecified atom stereocenters. The minimum absolute atomic E-state index is 0.0468. The van der Waals surface area contributed by atoms with Crippen LogP contribution < -0.4 is 5.32 Å². The molecule has 0 aliphatic rings. The molecular formula is C12H9F3N2O. The van der Waals surface area contributed by atoms with Gasteiger partial charge in [0.05, 0.1) is 0 Å². The summed E-state index contributed by atoms with van der Waals surface area (Å²) in [6, 6.07) is 2.88. The number of benzene rings is 1. The number of carbonyl (C=O) groups is 1. The van der Waals surface area contributed by atoms with Crippen molar-refractivity contribution in [2.75, 3.05) is 5.32 Å². The third-order valence-electron chi connectivity index (χ3n) is 2.40. The number of aryl methyl sites for hydroxylation is 1. The fourth-order valence-corrected chi connectivity index (χ4v) is 1.44. The summed E-state index contributed by atoms with van der Waals surface area (Å²) in [6.45, 7) is 1.50. The second-order valence-electron chi connectivity index (χ2n) is 3.74. The summed E-state index contributed by atoms with van der Waals surface area (Å²) in [4.78, 5) is 14.1. The fourth-order valence-electron chi connectivity index (χ4n) is 1.44. The maximum atomic E-state index is 13.4. The zero-order chi connectivity index (χ0) is 13.3. The molecule has 0 spiro atoms. The van der Waals surface area contributed by atoms with E-state index < -0.39 is 23.4 Å². The van der Waals surface area contributed by atoms with Crippen LogP contribution in [0.4, 0.5) is 18.9 Å². The Hall–Kier alpha value is -2.24. The third kappa shape index (κ3) is 2.22. The Kier molecular flexibility index (Phi) is 3.10. The van der Waals surface area contributed by atoms with Crippen molar-refractivity contribution in [3.8, 4) is 0 Å². The maximum absolute atomic E-state index is 13.4. The van der Waals surface area contributed by atoms with Crippen molar-refractivity contribution in [1.29, 1.82) is 0 Å². The zero-order valence-corrected chi connectivity index (χ0v) is 9.35. The number of rotatable bonds is 2. The number of aromatic nitrogens is 1. The van der Waals surface area contributed by atoms with Gasteiger partial charge in [-0.05, 0) is 19.1 Å². The van der Waals surface area contributed by atoms with Crippen LogP contribution in [0.5, 0.6) is 0 Å². The van der Waals surface area contributed by atoms with Crippen LogP contribution in [0.2, 0.25) is 0 Å². The molecular weight excluding hydrogens is 245 g/mol. The molecule has 0 saturated heterocycles. The lowest BCUT2D eigenvalue weighted by Gasteiger charge is -2.04. The molecule has 0 bridgehead atoms. The van der Waals surface area contributed by atoms with Gasteiger partial charge in [0.1, 0.15) is 5.69 Å². The molecule has 1 aromatic heterocycles. The average molecular weight is 254 g/mol. The van der Waals surface area contributed by atoms with Crippen LogP contribution in [-0.2, 0) is 0 Å². The smallest absolute Gasteiger partial charge is 0.275 e. The largest absolute Gasteiger partial charge is 0.354 e. The van der Waals surface area contributed by atoms with Crippen molar-refractivity contribution in [1.82, 2.24) is 4.98 Å². The molecule has 0 atom stereocenters. The van der Waals surface area contributed by atoms with Gasteiger partial charge in [-0.25, -0.2) is 13.2 Å². The molecule has 6 heteroatoms. The Morgan fingerprint density at radius 1 is 1.22 bits per heavy atom. The Bertz CT molecular complexity index is 607. The predicted octanol–water partition coefficient (Wildman–Crippen LogP) is 2.99. The molecule has 2 N–H and O–H groups in total. The molecule has 0 saturated carbocycles. The van der Waals surface area contributed by atoms with E-state index in [0.717, 1.165) is 12.1 Å². The van der Waals surface area contributed by atoms with E-state index in [0.29, 0.717) is 5.56 Å². The first-order valence-corrected chi connectivity index (χ1v) is 5.09. The molecule has 1 aromatic carbocycles. The number of nitrogens with one attached hydrogen (secondary N) is 2. The molecule has 2 aromatic rings. The lowest BCUT2D eigenvalue weighted by atomic mass is 10.2. The highest BCUT2D eigenvalue weighted by Gasteiger charge is 2.16. The lowest BCUT2D eigenvalue weighted by Crippen LogP contribution is -2.14. The standard InChI is InChI=1S/C12H9F3N2O/c1-6-5-16-11(10(6)15)12(18)17-7-2-3-8(13)9(14)4-7/h2-5,16H,1H3,(H,17,18). The number of anilines is 1. The normalized spacial score (nSPS) is 10.4. The van der Waals surface area contributed by atoms with Crippen LogP contribution in [0.1, 0.15) is 16.1 Å². The molecule has 18 heavy (non-hydrogen) atoms. The van der Waals surface area contributed by atoms with E-state index in [4.69, 9.17) is 0 Å². The van der Waals surface area contributed by atoms with E-state index in [2.05, 4.69) is 10.3 Å². The number of amides is 1. The topological polar surface area (TPSA) is 44.9 Å². The highest BCUT2D eigenvalue weighted by Crippen LogP contribution is 2.16. The summed E-state index contributed by atoms with van der Waals surface area (Å²) in [6.07, 6.45) is 1.34. The maximum Gasteiger partial charge on any atom is 0.275 e. The van der Waals surface area contributed by atoms with Crippen molar-refractivity contribution in [2.24, 2.45) is 0 Å². The van der Waals surface area contributed by atoms with Gasteiger partial charge in [-0.15, -0.1) is 0 Å². The molecule has 1 amide bonds. The van der Waals surface area contributed by atoms with Crippen LogP contribution in [0, 0.1) is 24.4 Å². The van der Waals surface area contributed by atoms with Crippen LogP contribution in [0.3, 0.4) is 0 Å². The summed E-state index contributed by atoms with van der Waals surface area (Å²) >= 11 is 0.